The molecule has 2 aromatic rings. The predicted molar refractivity (Wildman–Crippen MR) is 120 cm³/mol. The van der Waals surface area contributed by atoms with Crippen molar-refractivity contribution in [3.63, 3.8) is 0 Å². The van der Waals surface area contributed by atoms with Gasteiger partial charge in [0, 0.05) is 31.6 Å². The van der Waals surface area contributed by atoms with Gasteiger partial charge in [-0.25, -0.2) is 4.98 Å². The Balaban J connectivity index is 0. The van der Waals surface area contributed by atoms with Crippen LogP contribution in [0.3, 0.4) is 0 Å². The molecule has 1 fully saturated rings. The van der Waals surface area contributed by atoms with Gasteiger partial charge >= 0.3 is 0 Å². The molecular formula is C23H42N4O. The van der Waals surface area contributed by atoms with Crippen LogP contribution in [0.1, 0.15) is 85.1 Å². The van der Waals surface area contributed by atoms with Crippen molar-refractivity contribution in [3.8, 4) is 0 Å². The molecule has 28 heavy (non-hydrogen) atoms. The lowest BCUT2D eigenvalue weighted by atomic mass is 10.1. The summed E-state index contributed by atoms with van der Waals surface area (Å²) >= 11 is 0. The molecule has 1 amide bonds. The van der Waals surface area contributed by atoms with Crippen molar-refractivity contribution >= 4 is 5.91 Å². The average molecular weight is 391 g/mol. The molecule has 0 aromatic carbocycles. The number of hydrogen-bond acceptors (Lipinski definition) is 3. The van der Waals surface area contributed by atoms with E-state index in [9.17, 15) is 4.79 Å². The highest BCUT2D eigenvalue weighted by molar-refractivity contribution is 5.74. The molecule has 160 valence electrons. The minimum Gasteiger partial charge on any atom is -0.344 e. The third-order valence-electron chi connectivity index (χ3n) is 3.94. The molecule has 5 heteroatoms. The summed E-state index contributed by atoms with van der Waals surface area (Å²) in [5, 5.41) is 0. The van der Waals surface area contributed by atoms with Gasteiger partial charge < -0.3 is 9.88 Å². The number of H-pyrrole nitrogens is 1. The first-order valence-electron chi connectivity index (χ1n) is 10.6. The summed E-state index contributed by atoms with van der Waals surface area (Å²) in [4.78, 5) is 25.1. The molecule has 0 spiro atoms. The summed E-state index contributed by atoms with van der Waals surface area (Å²) in [6, 6.07) is 5.85. The minimum absolute atomic E-state index is 0.139. The molecule has 5 nitrogen and oxygen atoms in total. The van der Waals surface area contributed by atoms with Crippen LogP contribution >= 0.6 is 0 Å². The average Bonchev–Trinajstić information content (AvgIpc) is 3.30. The number of carbonyl (C=O) groups excluding carboxylic acids is 1. The number of amides is 1. The molecule has 0 saturated carbocycles. The first-order chi connectivity index (χ1) is 13.5. The number of pyridine rings is 1. The molecule has 3 rings (SSSR count). The Labute approximate surface area is 173 Å². The van der Waals surface area contributed by atoms with E-state index < -0.39 is 0 Å². The van der Waals surface area contributed by atoms with Gasteiger partial charge in [-0.3, -0.25) is 9.78 Å². The number of carbonyl (C=O) groups is 1. The molecule has 1 saturated heterocycles. The summed E-state index contributed by atoms with van der Waals surface area (Å²) in [6.45, 7) is 20.7. The van der Waals surface area contributed by atoms with Gasteiger partial charge in [0.2, 0.25) is 5.91 Å². The Bertz CT molecular complexity index is 564. The van der Waals surface area contributed by atoms with Gasteiger partial charge in [-0.1, -0.05) is 54.5 Å². The monoisotopic (exact) mass is 390 g/mol. The largest absolute Gasteiger partial charge is 0.344 e. The third kappa shape index (κ3) is 9.67. The molecule has 0 radical (unpaired) electrons. The van der Waals surface area contributed by atoms with Crippen molar-refractivity contribution in [1.82, 2.24) is 19.9 Å². The maximum Gasteiger partial charge on any atom is 0.220 e. The fraction of sp³-hybridized carbons (Fsp3) is 0.609. The fourth-order valence-electron chi connectivity index (χ4n) is 2.70. The van der Waals surface area contributed by atoms with Crippen LogP contribution in [0.5, 0.6) is 0 Å². The Morgan fingerprint density at radius 1 is 1.04 bits per heavy atom. The first-order valence-corrected chi connectivity index (χ1v) is 10.6. The Kier molecular flexibility index (Phi) is 17.0. The van der Waals surface area contributed by atoms with E-state index in [1.54, 1.807) is 19.3 Å². The molecule has 1 aliphatic heterocycles. The Morgan fingerprint density at radius 3 is 1.89 bits per heavy atom. The first kappa shape index (κ1) is 28.0. The summed E-state index contributed by atoms with van der Waals surface area (Å²) in [6.07, 6.45) is 4.51. The number of hydrogen-bond donors (Lipinski definition) is 1. The van der Waals surface area contributed by atoms with Gasteiger partial charge in [0.1, 0.15) is 5.82 Å². The van der Waals surface area contributed by atoms with E-state index in [1.807, 2.05) is 78.5 Å². The fourth-order valence-corrected chi connectivity index (χ4v) is 2.70. The van der Waals surface area contributed by atoms with Gasteiger partial charge in [-0.2, -0.15) is 0 Å². The van der Waals surface area contributed by atoms with Crippen LogP contribution in [-0.2, 0) is 4.79 Å². The van der Waals surface area contributed by atoms with Gasteiger partial charge in [0.05, 0.1) is 11.7 Å². The maximum atomic E-state index is 11.6. The van der Waals surface area contributed by atoms with E-state index in [-0.39, 0.29) is 11.9 Å². The number of rotatable bonds is 1. The zero-order valence-corrected chi connectivity index (χ0v) is 19.7. The Hall–Kier alpha value is -2.17. The van der Waals surface area contributed by atoms with Gasteiger partial charge in [0.15, 0.2) is 0 Å². The second kappa shape index (κ2) is 17.0. The Morgan fingerprint density at radius 2 is 1.57 bits per heavy atom. The standard InChI is InChI=1S/C12H19N3O.C5H5N.3C2H6/c1-7-5-11(15(6-7)10(4)16)12-13-8(2)9(3)14-12;1-2-4-6-5-3-1;3*1-2/h7,11H,5-6H2,1-4H3,(H,13,14);1-5H;3*1-2H3. The molecule has 2 atom stereocenters. The zero-order chi connectivity index (χ0) is 22.1. The van der Waals surface area contributed by atoms with Crippen LogP contribution in [-0.4, -0.2) is 32.3 Å². The quantitative estimate of drug-likeness (QED) is 0.638. The number of nitrogens with zero attached hydrogens (tertiary/aromatic N) is 3. The molecule has 0 aliphatic carbocycles. The van der Waals surface area contributed by atoms with Crippen LogP contribution in [0, 0.1) is 19.8 Å². The number of aromatic amines is 1. The smallest absolute Gasteiger partial charge is 0.220 e. The number of likely N-dealkylation sites (tertiary alicyclic amines) is 1. The van der Waals surface area contributed by atoms with Crippen molar-refractivity contribution in [3.05, 3.63) is 47.8 Å². The molecule has 2 unspecified atom stereocenters. The van der Waals surface area contributed by atoms with Crippen LogP contribution < -0.4 is 0 Å². The summed E-state index contributed by atoms with van der Waals surface area (Å²) < 4.78 is 0. The number of aryl methyl sites for hydroxylation is 2. The lowest BCUT2D eigenvalue weighted by molar-refractivity contribution is -0.130. The van der Waals surface area contributed by atoms with Crippen LogP contribution in [0.25, 0.3) is 0 Å². The van der Waals surface area contributed by atoms with Crippen molar-refractivity contribution in [2.24, 2.45) is 5.92 Å². The molecule has 0 bridgehead atoms. The zero-order valence-electron chi connectivity index (χ0n) is 19.7. The van der Waals surface area contributed by atoms with E-state index in [0.717, 1.165) is 30.2 Å². The normalized spacial score (nSPS) is 16.7. The second-order valence-electron chi connectivity index (χ2n) is 5.89. The topological polar surface area (TPSA) is 61.9 Å². The van der Waals surface area contributed by atoms with Crippen molar-refractivity contribution in [1.29, 1.82) is 0 Å². The highest BCUT2D eigenvalue weighted by Gasteiger charge is 2.34. The lowest BCUT2D eigenvalue weighted by Gasteiger charge is -2.21. The van der Waals surface area contributed by atoms with Gasteiger partial charge in [-0.05, 0) is 38.3 Å². The SMILES string of the molecule is CC.CC.CC.CC(=O)N1CC(C)CC1c1nc(C)c(C)[nH]1.c1ccncc1. The van der Waals surface area contributed by atoms with Gasteiger partial charge in [-0.15, -0.1) is 0 Å². The summed E-state index contributed by atoms with van der Waals surface area (Å²) in [5.41, 5.74) is 2.12. The third-order valence-corrected chi connectivity index (χ3v) is 3.94. The summed E-state index contributed by atoms with van der Waals surface area (Å²) in [5.74, 6) is 1.63. The van der Waals surface area contributed by atoms with Crippen molar-refractivity contribution < 1.29 is 4.79 Å². The highest BCUT2D eigenvalue weighted by atomic mass is 16.2. The molecule has 2 aromatic heterocycles. The van der Waals surface area contributed by atoms with Crippen LogP contribution in [0.15, 0.2) is 30.6 Å². The molecule has 3 heterocycles. The molecule has 1 N–H and O–H groups in total. The number of nitrogens with one attached hydrogen (secondary N) is 1. The van der Waals surface area contributed by atoms with Crippen molar-refractivity contribution in [2.45, 2.75) is 81.7 Å². The van der Waals surface area contributed by atoms with E-state index >= 15 is 0 Å². The summed E-state index contributed by atoms with van der Waals surface area (Å²) in [7, 11) is 0. The van der Waals surface area contributed by atoms with Gasteiger partial charge in [0.25, 0.3) is 0 Å². The predicted octanol–water partition coefficient (Wildman–Crippen LogP) is 6.12. The highest BCUT2D eigenvalue weighted by Crippen LogP contribution is 2.34. The molecule has 1 aliphatic rings. The van der Waals surface area contributed by atoms with Crippen LogP contribution in [0.4, 0.5) is 0 Å². The maximum absolute atomic E-state index is 11.6. The van der Waals surface area contributed by atoms with Crippen molar-refractivity contribution in [2.75, 3.05) is 6.54 Å². The number of aromatic nitrogens is 3. The lowest BCUT2D eigenvalue weighted by Crippen LogP contribution is -2.29. The van der Waals surface area contributed by atoms with E-state index in [2.05, 4.69) is 21.9 Å². The van der Waals surface area contributed by atoms with E-state index in [0.29, 0.717) is 5.92 Å². The molecular weight excluding hydrogens is 348 g/mol. The second-order valence-corrected chi connectivity index (χ2v) is 5.89. The minimum atomic E-state index is 0.139. The van der Waals surface area contributed by atoms with E-state index in [1.165, 1.54) is 0 Å². The van der Waals surface area contributed by atoms with E-state index in [4.69, 9.17) is 0 Å². The number of imidazole rings is 1. The van der Waals surface area contributed by atoms with Crippen LogP contribution in [0.2, 0.25) is 0 Å².